The summed E-state index contributed by atoms with van der Waals surface area (Å²) in [5.74, 6) is 1.14. The Labute approximate surface area is 220 Å². The second-order valence-electron chi connectivity index (χ2n) is 9.66. The van der Waals surface area contributed by atoms with Crippen molar-refractivity contribution < 1.29 is 14.3 Å². The predicted molar refractivity (Wildman–Crippen MR) is 151 cm³/mol. The molecule has 6 heteroatoms. The van der Waals surface area contributed by atoms with Crippen LogP contribution < -0.4 is 20.3 Å². The van der Waals surface area contributed by atoms with Crippen molar-refractivity contribution in [2.45, 2.75) is 58.8 Å². The van der Waals surface area contributed by atoms with Crippen LogP contribution in [-0.4, -0.2) is 25.6 Å². The minimum atomic E-state index is -0.353. The number of aryl methyl sites for hydroxylation is 2. The van der Waals surface area contributed by atoms with E-state index in [0.29, 0.717) is 17.4 Å². The minimum absolute atomic E-state index is 0.0660. The summed E-state index contributed by atoms with van der Waals surface area (Å²) in [7, 11) is 1.56. The number of nitrogens with zero attached hydrogens (tertiary/aromatic N) is 1. The number of urea groups is 1. The van der Waals surface area contributed by atoms with Crippen molar-refractivity contribution in [2.75, 3.05) is 29.2 Å². The maximum Gasteiger partial charge on any atom is 0.323 e. The number of nitrogens with one attached hydrogen (secondary N) is 2. The van der Waals surface area contributed by atoms with Crippen molar-refractivity contribution in [3.05, 3.63) is 82.9 Å². The van der Waals surface area contributed by atoms with Crippen LogP contribution in [0.1, 0.15) is 61.3 Å². The Morgan fingerprint density at radius 3 is 2.46 bits per heavy atom. The molecule has 1 aliphatic rings. The highest BCUT2D eigenvalue weighted by molar-refractivity contribution is 6.01. The molecule has 3 aromatic carbocycles. The fourth-order valence-corrected chi connectivity index (χ4v) is 5.10. The van der Waals surface area contributed by atoms with Crippen LogP contribution in [0.2, 0.25) is 0 Å². The first-order valence-electron chi connectivity index (χ1n) is 13.2. The van der Waals surface area contributed by atoms with Crippen LogP contribution in [0.25, 0.3) is 0 Å². The SMILES string of the molecule is CCC(CC)c1ccc2c(c1)CCCN2C(=O)Cc1ccc(NC(=O)Nc2ccccc2C)c(OC)c1. The molecule has 194 valence electrons. The fraction of sp³-hybridized carbons (Fsp3) is 0.355. The monoisotopic (exact) mass is 499 g/mol. The number of hydrogen-bond acceptors (Lipinski definition) is 3. The Hall–Kier alpha value is -3.80. The van der Waals surface area contributed by atoms with Gasteiger partial charge in [0.15, 0.2) is 0 Å². The highest BCUT2D eigenvalue weighted by atomic mass is 16.5. The Morgan fingerprint density at radius 1 is 0.973 bits per heavy atom. The minimum Gasteiger partial charge on any atom is -0.495 e. The number of rotatable bonds is 8. The normalized spacial score (nSPS) is 12.7. The number of anilines is 3. The lowest BCUT2D eigenvalue weighted by Crippen LogP contribution is -2.36. The average molecular weight is 500 g/mol. The second-order valence-corrected chi connectivity index (χ2v) is 9.66. The molecule has 3 amide bonds. The molecule has 0 spiro atoms. The van der Waals surface area contributed by atoms with Crippen LogP contribution >= 0.6 is 0 Å². The lowest BCUT2D eigenvalue weighted by atomic mass is 9.90. The molecule has 0 fully saturated rings. The molecule has 0 aromatic heterocycles. The third kappa shape index (κ3) is 6.13. The summed E-state index contributed by atoms with van der Waals surface area (Å²) in [5, 5.41) is 5.71. The molecule has 37 heavy (non-hydrogen) atoms. The number of amides is 3. The number of methoxy groups -OCH3 is 1. The van der Waals surface area contributed by atoms with Gasteiger partial charge in [0, 0.05) is 17.9 Å². The van der Waals surface area contributed by atoms with E-state index in [2.05, 4.69) is 42.7 Å². The third-order valence-electron chi connectivity index (χ3n) is 7.24. The second kappa shape index (κ2) is 12.0. The molecule has 1 aliphatic heterocycles. The van der Waals surface area contributed by atoms with Gasteiger partial charge < -0.3 is 20.3 Å². The molecule has 2 N–H and O–H groups in total. The first-order valence-corrected chi connectivity index (χ1v) is 13.2. The van der Waals surface area contributed by atoms with Gasteiger partial charge in [-0.15, -0.1) is 0 Å². The van der Waals surface area contributed by atoms with Crippen LogP contribution in [0, 0.1) is 6.92 Å². The zero-order valence-corrected chi connectivity index (χ0v) is 22.3. The first kappa shape index (κ1) is 26.3. The smallest absolute Gasteiger partial charge is 0.323 e. The quantitative estimate of drug-likeness (QED) is 0.348. The maximum absolute atomic E-state index is 13.4. The molecule has 0 saturated carbocycles. The van der Waals surface area contributed by atoms with Gasteiger partial charge in [-0.25, -0.2) is 4.79 Å². The zero-order valence-electron chi connectivity index (χ0n) is 22.3. The lowest BCUT2D eigenvalue weighted by molar-refractivity contribution is -0.118. The molecule has 0 aliphatic carbocycles. The maximum atomic E-state index is 13.4. The highest BCUT2D eigenvalue weighted by Gasteiger charge is 2.24. The molecule has 0 unspecified atom stereocenters. The Kier molecular flexibility index (Phi) is 8.49. The molecule has 1 heterocycles. The summed E-state index contributed by atoms with van der Waals surface area (Å²) in [4.78, 5) is 27.8. The summed E-state index contributed by atoms with van der Waals surface area (Å²) in [6, 6.07) is 19.3. The van der Waals surface area contributed by atoms with Gasteiger partial charge in [0.05, 0.1) is 19.2 Å². The van der Waals surface area contributed by atoms with E-state index in [1.807, 2.05) is 48.2 Å². The number of hydrogen-bond donors (Lipinski definition) is 2. The summed E-state index contributed by atoms with van der Waals surface area (Å²) in [6.07, 6.45) is 4.48. The summed E-state index contributed by atoms with van der Waals surface area (Å²) in [5.41, 5.74) is 6.77. The van der Waals surface area contributed by atoms with Crippen LogP contribution in [0.15, 0.2) is 60.7 Å². The van der Waals surface area contributed by atoms with E-state index in [-0.39, 0.29) is 18.4 Å². The highest BCUT2D eigenvalue weighted by Crippen LogP contribution is 2.33. The van der Waals surface area contributed by atoms with E-state index in [4.69, 9.17) is 4.74 Å². The average Bonchev–Trinajstić information content (AvgIpc) is 2.91. The van der Waals surface area contributed by atoms with Gasteiger partial charge >= 0.3 is 6.03 Å². The van der Waals surface area contributed by atoms with E-state index >= 15 is 0 Å². The van der Waals surface area contributed by atoms with Crippen molar-refractivity contribution in [3.63, 3.8) is 0 Å². The van der Waals surface area contributed by atoms with Crippen molar-refractivity contribution in [1.82, 2.24) is 0 Å². The third-order valence-corrected chi connectivity index (χ3v) is 7.24. The van der Waals surface area contributed by atoms with Crippen LogP contribution in [-0.2, 0) is 17.6 Å². The molecule has 4 rings (SSSR count). The van der Waals surface area contributed by atoms with Gasteiger partial charge in [-0.3, -0.25) is 4.79 Å². The van der Waals surface area contributed by atoms with Crippen molar-refractivity contribution >= 4 is 29.0 Å². The van der Waals surface area contributed by atoms with E-state index in [0.717, 1.165) is 54.7 Å². The van der Waals surface area contributed by atoms with Crippen molar-refractivity contribution in [1.29, 1.82) is 0 Å². The first-order chi connectivity index (χ1) is 17.9. The van der Waals surface area contributed by atoms with Gasteiger partial charge in [0.25, 0.3) is 0 Å². The number of fused-ring (bicyclic) bond motifs is 1. The fourth-order valence-electron chi connectivity index (χ4n) is 5.10. The Balaban J connectivity index is 1.45. The largest absolute Gasteiger partial charge is 0.495 e. The summed E-state index contributed by atoms with van der Waals surface area (Å²) in [6.45, 7) is 7.13. The van der Waals surface area contributed by atoms with E-state index in [9.17, 15) is 9.59 Å². The summed E-state index contributed by atoms with van der Waals surface area (Å²) < 4.78 is 5.53. The number of para-hydroxylation sites is 1. The molecule has 3 aromatic rings. The summed E-state index contributed by atoms with van der Waals surface area (Å²) >= 11 is 0. The Morgan fingerprint density at radius 2 is 1.73 bits per heavy atom. The predicted octanol–water partition coefficient (Wildman–Crippen LogP) is 7.07. The Bertz CT molecular complexity index is 1270. The van der Waals surface area contributed by atoms with Gasteiger partial charge in [-0.2, -0.15) is 0 Å². The lowest BCUT2D eigenvalue weighted by Gasteiger charge is -2.30. The number of benzene rings is 3. The number of carbonyl (C=O) groups is 2. The number of carbonyl (C=O) groups excluding carboxylic acids is 2. The molecule has 0 bridgehead atoms. The van der Waals surface area contributed by atoms with Gasteiger partial charge in [0.2, 0.25) is 5.91 Å². The van der Waals surface area contributed by atoms with Gasteiger partial charge in [0.1, 0.15) is 5.75 Å². The van der Waals surface area contributed by atoms with Crippen LogP contribution in [0.4, 0.5) is 21.9 Å². The van der Waals surface area contributed by atoms with E-state index < -0.39 is 0 Å². The van der Waals surface area contributed by atoms with Crippen molar-refractivity contribution in [2.24, 2.45) is 0 Å². The molecular formula is C31H37N3O3. The zero-order chi connectivity index (χ0) is 26.4. The molecule has 6 nitrogen and oxygen atoms in total. The van der Waals surface area contributed by atoms with Gasteiger partial charge in [-0.1, -0.05) is 50.2 Å². The molecular weight excluding hydrogens is 462 g/mol. The van der Waals surface area contributed by atoms with Crippen LogP contribution in [0.3, 0.4) is 0 Å². The van der Waals surface area contributed by atoms with Crippen LogP contribution in [0.5, 0.6) is 5.75 Å². The number of ether oxygens (including phenoxy) is 1. The standard InChI is InChI=1S/C31H37N3O3/c1-5-23(6-2)24-14-16-28-25(20-24)11-9-17-34(28)30(35)19-22-13-15-27(29(18-22)37-4)33-31(36)32-26-12-8-7-10-21(26)3/h7-8,10,12-16,18,20,23H,5-6,9,11,17,19H2,1-4H3,(H2,32,33,36). The van der Waals surface area contributed by atoms with Gasteiger partial charge in [-0.05, 0) is 85.0 Å². The topological polar surface area (TPSA) is 70.7 Å². The molecule has 0 saturated heterocycles. The molecule has 0 radical (unpaired) electrons. The molecule has 0 atom stereocenters. The van der Waals surface area contributed by atoms with Crippen molar-refractivity contribution in [3.8, 4) is 5.75 Å². The van der Waals surface area contributed by atoms with E-state index in [1.165, 1.54) is 11.1 Å². The van der Waals surface area contributed by atoms with E-state index in [1.54, 1.807) is 13.2 Å².